The fraction of sp³-hybridized carbons (Fsp3) is 0.387. The summed E-state index contributed by atoms with van der Waals surface area (Å²) in [6.45, 7) is 7.60. The molecule has 1 saturated carbocycles. The lowest BCUT2D eigenvalue weighted by Crippen LogP contribution is -2.46. The molecule has 0 amide bonds. The molecule has 1 saturated heterocycles. The summed E-state index contributed by atoms with van der Waals surface area (Å²) in [5, 5.41) is 23.2. The van der Waals surface area contributed by atoms with Crippen molar-refractivity contribution in [2.24, 2.45) is 5.41 Å². The molecule has 6 rings (SSSR count). The standard InChI is InChI=1S/C31H31FN4O3/c1-5-21-24(32)8-7-19-13-20(37)14-22(25(19)21)26-18(2)27-23(15-33-26)28(36-12-6-9-31(4,38)16-36)35-29(34-27)39-17-30(3)10-11-30/h1,7-8,13-15,37-38H,6,9-12,16-17H2,2-4H3/t31-/m1/s1. The summed E-state index contributed by atoms with van der Waals surface area (Å²) in [5.74, 6) is 2.64. The first-order valence-corrected chi connectivity index (χ1v) is 13.3. The van der Waals surface area contributed by atoms with Crippen LogP contribution in [0.15, 0.2) is 30.5 Å². The summed E-state index contributed by atoms with van der Waals surface area (Å²) in [6, 6.07) is 6.28. The molecule has 2 aliphatic rings. The molecule has 39 heavy (non-hydrogen) atoms. The number of aryl methyl sites for hydroxylation is 1. The molecule has 0 radical (unpaired) electrons. The molecule has 1 aliphatic heterocycles. The van der Waals surface area contributed by atoms with Crippen LogP contribution in [-0.4, -0.2) is 50.5 Å². The molecular formula is C31H31FN4O3. The molecule has 1 atom stereocenters. The number of piperidine rings is 1. The largest absolute Gasteiger partial charge is 0.508 e. The van der Waals surface area contributed by atoms with Gasteiger partial charge < -0.3 is 19.8 Å². The van der Waals surface area contributed by atoms with Gasteiger partial charge in [-0.3, -0.25) is 4.98 Å². The van der Waals surface area contributed by atoms with E-state index in [2.05, 4.69) is 17.7 Å². The average Bonchev–Trinajstić information content (AvgIpc) is 3.64. The Morgan fingerprint density at radius 1 is 1.18 bits per heavy atom. The molecule has 2 aromatic carbocycles. The van der Waals surface area contributed by atoms with Crippen LogP contribution in [0.25, 0.3) is 32.9 Å². The van der Waals surface area contributed by atoms with Crippen LogP contribution >= 0.6 is 0 Å². The molecule has 7 nitrogen and oxygen atoms in total. The van der Waals surface area contributed by atoms with Crippen molar-refractivity contribution in [2.45, 2.75) is 52.1 Å². The van der Waals surface area contributed by atoms with E-state index in [1.54, 1.807) is 24.4 Å². The Morgan fingerprint density at radius 3 is 2.69 bits per heavy atom. The number of halogens is 1. The maximum absolute atomic E-state index is 14.7. The Balaban J connectivity index is 1.57. The molecule has 200 valence electrons. The number of aromatic hydroxyl groups is 1. The number of ether oxygens (including phenoxy) is 1. The number of phenols is 1. The minimum absolute atomic E-state index is 0.0222. The van der Waals surface area contributed by atoms with E-state index in [-0.39, 0.29) is 22.7 Å². The van der Waals surface area contributed by atoms with Crippen molar-refractivity contribution in [1.82, 2.24) is 15.0 Å². The lowest BCUT2D eigenvalue weighted by atomic mass is 9.93. The van der Waals surface area contributed by atoms with Crippen LogP contribution in [0.2, 0.25) is 0 Å². The van der Waals surface area contributed by atoms with Crippen LogP contribution < -0.4 is 9.64 Å². The lowest BCUT2D eigenvalue weighted by molar-refractivity contribution is 0.0447. The monoisotopic (exact) mass is 526 g/mol. The molecule has 0 bridgehead atoms. The van der Waals surface area contributed by atoms with Crippen molar-refractivity contribution >= 4 is 27.5 Å². The smallest absolute Gasteiger partial charge is 0.318 e. The van der Waals surface area contributed by atoms with Gasteiger partial charge in [-0.1, -0.05) is 18.9 Å². The molecular weight excluding hydrogens is 495 g/mol. The highest BCUT2D eigenvalue weighted by Gasteiger charge is 2.38. The van der Waals surface area contributed by atoms with E-state index < -0.39 is 11.4 Å². The Bertz CT molecular complexity index is 1670. The van der Waals surface area contributed by atoms with Gasteiger partial charge >= 0.3 is 6.01 Å². The van der Waals surface area contributed by atoms with Crippen LogP contribution in [0.3, 0.4) is 0 Å². The van der Waals surface area contributed by atoms with E-state index in [1.807, 2.05) is 13.8 Å². The zero-order valence-electron chi connectivity index (χ0n) is 22.4. The quantitative estimate of drug-likeness (QED) is 0.331. The second-order valence-electron chi connectivity index (χ2n) is 11.6. The number of aromatic nitrogens is 3. The Kier molecular flexibility index (Phi) is 5.88. The first kappa shape index (κ1) is 25.3. The van der Waals surface area contributed by atoms with Gasteiger partial charge in [-0.25, -0.2) is 4.39 Å². The minimum Gasteiger partial charge on any atom is -0.508 e. The second-order valence-corrected chi connectivity index (χ2v) is 11.6. The van der Waals surface area contributed by atoms with Gasteiger partial charge in [-0.2, -0.15) is 9.97 Å². The number of hydrogen-bond acceptors (Lipinski definition) is 7. The Hall–Kier alpha value is -3.96. The first-order chi connectivity index (χ1) is 18.6. The zero-order chi connectivity index (χ0) is 27.5. The van der Waals surface area contributed by atoms with Gasteiger partial charge in [0.25, 0.3) is 0 Å². The molecule has 1 aliphatic carbocycles. The van der Waals surface area contributed by atoms with Crippen molar-refractivity contribution in [3.63, 3.8) is 0 Å². The van der Waals surface area contributed by atoms with Crippen LogP contribution in [0.1, 0.15) is 50.7 Å². The number of anilines is 1. The molecule has 0 spiro atoms. The summed E-state index contributed by atoms with van der Waals surface area (Å²) in [6.07, 6.45) is 11.2. The van der Waals surface area contributed by atoms with Crippen LogP contribution in [0.5, 0.6) is 11.8 Å². The van der Waals surface area contributed by atoms with E-state index in [0.29, 0.717) is 52.9 Å². The molecule has 3 heterocycles. The van der Waals surface area contributed by atoms with E-state index >= 15 is 0 Å². The highest BCUT2D eigenvalue weighted by molar-refractivity contribution is 6.04. The highest BCUT2D eigenvalue weighted by Crippen LogP contribution is 2.45. The van der Waals surface area contributed by atoms with Gasteiger partial charge in [-0.15, -0.1) is 6.42 Å². The zero-order valence-corrected chi connectivity index (χ0v) is 22.4. The van der Waals surface area contributed by atoms with E-state index in [0.717, 1.165) is 36.8 Å². The predicted octanol–water partition coefficient (Wildman–Crippen LogP) is 5.51. The number of rotatable bonds is 5. The fourth-order valence-electron chi connectivity index (χ4n) is 5.51. The number of fused-ring (bicyclic) bond motifs is 2. The Labute approximate surface area is 226 Å². The number of phenolic OH excluding ortho intramolecular Hbond substituents is 1. The molecule has 0 unspecified atom stereocenters. The maximum atomic E-state index is 14.7. The molecule has 2 N–H and O–H groups in total. The van der Waals surface area contributed by atoms with Crippen molar-refractivity contribution in [1.29, 1.82) is 0 Å². The number of terminal acetylenes is 1. The van der Waals surface area contributed by atoms with Gasteiger partial charge in [0.1, 0.15) is 17.4 Å². The number of aliphatic hydroxyl groups is 1. The summed E-state index contributed by atoms with van der Waals surface area (Å²) in [7, 11) is 0. The SMILES string of the molecule is C#Cc1c(F)ccc2cc(O)cc(-c3ncc4c(N5CCC[C@@](C)(O)C5)nc(OCC5(C)CC5)nc4c3C)c12. The maximum Gasteiger partial charge on any atom is 0.318 e. The number of benzene rings is 2. The summed E-state index contributed by atoms with van der Waals surface area (Å²) in [4.78, 5) is 16.4. The van der Waals surface area contributed by atoms with Crippen LogP contribution in [-0.2, 0) is 0 Å². The molecule has 2 fully saturated rings. The number of β-amino-alcohol motifs (C(OH)–C–C–N with tert-alkyl or cyclic N) is 1. The van der Waals surface area contributed by atoms with Crippen molar-refractivity contribution < 1.29 is 19.3 Å². The van der Waals surface area contributed by atoms with E-state index in [4.69, 9.17) is 26.1 Å². The molecule has 2 aromatic heterocycles. The van der Waals surface area contributed by atoms with E-state index in [9.17, 15) is 14.6 Å². The van der Waals surface area contributed by atoms with E-state index in [1.165, 1.54) is 6.07 Å². The summed E-state index contributed by atoms with van der Waals surface area (Å²) < 4.78 is 20.9. The van der Waals surface area contributed by atoms with Gasteiger partial charge in [0.05, 0.1) is 34.4 Å². The summed E-state index contributed by atoms with van der Waals surface area (Å²) in [5.41, 5.74) is 1.83. The normalized spacial score (nSPS) is 20.3. The van der Waals surface area contributed by atoms with Crippen molar-refractivity contribution in [3.8, 4) is 35.4 Å². The van der Waals surface area contributed by atoms with Gasteiger partial charge in [0.15, 0.2) is 0 Å². The van der Waals surface area contributed by atoms with Crippen molar-refractivity contribution in [3.05, 3.63) is 47.4 Å². The lowest BCUT2D eigenvalue weighted by Gasteiger charge is -2.38. The third-order valence-corrected chi connectivity index (χ3v) is 8.02. The topological polar surface area (TPSA) is 91.6 Å². The van der Waals surface area contributed by atoms with Crippen LogP contribution in [0, 0.1) is 30.5 Å². The van der Waals surface area contributed by atoms with Crippen molar-refractivity contribution in [2.75, 3.05) is 24.6 Å². The summed E-state index contributed by atoms with van der Waals surface area (Å²) >= 11 is 0. The third-order valence-electron chi connectivity index (χ3n) is 8.02. The Morgan fingerprint density at radius 2 is 1.97 bits per heavy atom. The fourth-order valence-corrected chi connectivity index (χ4v) is 5.51. The average molecular weight is 527 g/mol. The number of nitrogens with zero attached hydrogens (tertiary/aromatic N) is 4. The number of pyridine rings is 1. The van der Waals surface area contributed by atoms with Gasteiger partial charge in [0, 0.05) is 41.2 Å². The van der Waals surface area contributed by atoms with Gasteiger partial charge in [0.2, 0.25) is 0 Å². The second kappa shape index (κ2) is 9.06. The molecule has 4 aromatic rings. The number of hydrogen-bond donors (Lipinski definition) is 2. The first-order valence-electron chi connectivity index (χ1n) is 13.3. The predicted molar refractivity (Wildman–Crippen MR) is 149 cm³/mol. The highest BCUT2D eigenvalue weighted by atomic mass is 19.1. The third kappa shape index (κ3) is 4.61. The molecule has 8 heteroatoms. The van der Waals surface area contributed by atoms with Crippen LogP contribution in [0.4, 0.5) is 10.2 Å². The minimum atomic E-state index is -0.837. The van der Waals surface area contributed by atoms with Gasteiger partial charge in [-0.05, 0) is 63.1 Å².